The van der Waals surface area contributed by atoms with Crippen LogP contribution in [0, 0.1) is 0 Å². The van der Waals surface area contributed by atoms with Crippen LogP contribution in [0.1, 0.15) is 45.1 Å². The lowest BCUT2D eigenvalue weighted by Gasteiger charge is -2.13. The summed E-state index contributed by atoms with van der Waals surface area (Å²) in [5, 5.41) is 5.06. The van der Waals surface area contributed by atoms with Crippen molar-refractivity contribution in [3.63, 3.8) is 0 Å². The summed E-state index contributed by atoms with van der Waals surface area (Å²) in [5.41, 5.74) is 3.06. The van der Waals surface area contributed by atoms with Crippen molar-refractivity contribution in [1.82, 2.24) is 0 Å². The van der Waals surface area contributed by atoms with Gasteiger partial charge in [0.25, 0.3) is 0 Å². The second-order valence-electron chi connectivity index (χ2n) is 7.26. The van der Waals surface area contributed by atoms with Gasteiger partial charge in [-0.3, -0.25) is 0 Å². The molecule has 0 atom stereocenters. The fourth-order valence-corrected chi connectivity index (χ4v) is 3.46. The lowest BCUT2D eigenvalue weighted by Crippen LogP contribution is -2.06. The van der Waals surface area contributed by atoms with Crippen LogP contribution in [0.4, 0.5) is 0 Å². The fourth-order valence-electron chi connectivity index (χ4n) is 3.46. The zero-order chi connectivity index (χ0) is 19.9. The zero-order valence-corrected chi connectivity index (χ0v) is 16.8. The standard InChI is InChI=1S/C26H28O2/c1-4-5-10-20(14-9-16-28-26(27)19(2)3)24-15-8-13-23-17-21-11-6-7-12-22(21)18-25(23)24/h6-8,10-13,15,17-18H,2,4-5,9,14,16H2,1,3H3/b20-10+. The quantitative estimate of drug-likeness (QED) is 0.183. The SMILES string of the molecule is C=C(C)C(=O)OCCC/C(=C\CCC)c1cccc2cc3ccccc3cc12. The third kappa shape index (κ3) is 4.69. The van der Waals surface area contributed by atoms with Gasteiger partial charge in [0.05, 0.1) is 6.61 Å². The number of allylic oxidation sites excluding steroid dienone is 2. The Balaban J connectivity index is 1.89. The highest BCUT2D eigenvalue weighted by atomic mass is 16.5. The van der Waals surface area contributed by atoms with E-state index in [4.69, 9.17) is 4.74 Å². The number of fused-ring (bicyclic) bond motifs is 2. The van der Waals surface area contributed by atoms with E-state index in [1.165, 1.54) is 32.7 Å². The van der Waals surface area contributed by atoms with Crippen molar-refractivity contribution in [1.29, 1.82) is 0 Å². The minimum Gasteiger partial charge on any atom is -0.462 e. The highest BCUT2D eigenvalue weighted by molar-refractivity contribution is 6.03. The highest BCUT2D eigenvalue weighted by Gasteiger charge is 2.09. The molecule has 0 aliphatic rings. The predicted octanol–water partition coefficient (Wildman–Crippen LogP) is 7.08. The van der Waals surface area contributed by atoms with Crippen molar-refractivity contribution in [3.05, 3.63) is 78.4 Å². The molecule has 0 spiro atoms. The Morgan fingerprint density at radius 1 is 1.04 bits per heavy atom. The van der Waals surface area contributed by atoms with Crippen molar-refractivity contribution in [3.8, 4) is 0 Å². The molecular weight excluding hydrogens is 344 g/mol. The second-order valence-corrected chi connectivity index (χ2v) is 7.26. The Kier molecular flexibility index (Phi) is 6.65. The largest absolute Gasteiger partial charge is 0.462 e. The number of unbranched alkanes of at least 4 members (excludes halogenated alkanes) is 1. The van der Waals surface area contributed by atoms with Crippen LogP contribution in [0.2, 0.25) is 0 Å². The van der Waals surface area contributed by atoms with Crippen molar-refractivity contribution in [2.45, 2.75) is 39.5 Å². The lowest BCUT2D eigenvalue weighted by atomic mass is 9.92. The highest BCUT2D eigenvalue weighted by Crippen LogP contribution is 2.31. The molecule has 0 unspecified atom stereocenters. The van der Waals surface area contributed by atoms with Gasteiger partial charge in [0.1, 0.15) is 0 Å². The first-order valence-corrected chi connectivity index (χ1v) is 10.0. The van der Waals surface area contributed by atoms with E-state index in [1.807, 2.05) is 0 Å². The molecule has 0 saturated heterocycles. The smallest absolute Gasteiger partial charge is 0.333 e. The summed E-state index contributed by atoms with van der Waals surface area (Å²) in [4.78, 5) is 11.6. The van der Waals surface area contributed by atoms with E-state index in [1.54, 1.807) is 6.92 Å². The molecule has 0 aliphatic carbocycles. The van der Waals surface area contributed by atoms with Gasteiger partial charge in [0, 0.05) is 5.57 Å². The van der Waals surface area contributed by atoms with Crippen LogP contribution < -0.4 is 0 Å². The molecule has 0 heterocycles. The van der Waals surface area contributed by atoms with Crippen LogP contribution in [-0.2, 0) is 9.53 Å². The van der Waals surface area contributed by atoms with Gasteiger partial charge in [-0.05, 0) is 71.0 Å². The number of esters is 1. The van der Waals surface area contributed by atoms with Crippen LogP contribution in [0.5, 0.6) is 0 Å². The van der Waals surface area contributed by atoms with Gasteiger partial charge in [-0.1, -0.05) is 68.5 Å². The number of hydrogen-bond donors (Lipinski definition) is 0. The molecule has 0 aliphatic heterocycles. The number of benzene rings is 3. The third-order valence-corrected chi connectivity index (χ3v) is 4.94. The van der Waals surface area contributed by atoms with E-state index in [9.17, 15) is 4.79 Å². The summed E-state index contributed by atoms with van der Waals surface area (Å²) in [6, 6.07) is 19.6. The van der Waals surface area contributed by atoms with E-state index in [0.29, 0.717) is 12.2 Å². The minimum absolute atomic E-state index is 0.310. The maximum Gasteiger partial charge on any atom is 0.333 e. The Labute approximate surface area is 167 Å². The first-order valence-electron chi connectivity index (χ1n) is 10.0. The van der Waals surface area contributed by atoms with Crippen molar-refractivity contribution < 1.29 is 9.53 Å². The van der Waals surface area contributed by atoms with Gasteiger partial charge in [-0.15, -0.1) is 0 Å². The lowest BCUT2D eigenvalue weighted by molar-refractivity contribution is -0.139. The fraction of sp³-hybridized carbons (Fsp3) is 0.269. The molecule has 0 saturated carbocycles. The molecule has 0 fully saturated rings. The van der Waals surface area contributed by atoms with Crippen LogP contribution >= 0.6 is 0 Å². The normalized spacial score (nSPS) is 11.7. The van der Waals surface area contributed by atoms with Gasteiger partial charge < -0.3 is 4.74 Å². The number of rotatable bonds is 8. The van der Waals surface area contributed by atoms with E-state index >= 15 is 0 Å². The molecule has 144 valence electrons. The van der Waals surface area contributed by atoms with E-state index < -0.39 is 0 Å². The molecule has 0 bridgehead atoms. The monoisotopic (exact) mass is 372 g/mol. The van der Waals surface area contributed by atoms with Crippen molar-refractivity contribution in [2.75, 3.05) is 6.61 Å². The minimum atomic E-state index is -0.310. The molecule has 3 rings (SSSR count). The summed E-state index contributed by atoms with van der Waals surface area (Å²) in [6.45, 7) is 7.92. The van der Waals surface area contributed by atoms with E-state index in [2.05, 4.69) is 74.2 Å². The predicted molar refractivity (Wildman–Crippen MR) is 119 cm³/mol. The van der Waals surface area contributed by atoms with E-state index in [0.717, 1.165) is 25.7 Å². The summed E-state index contributed by atoms with van der Waals surface area (Å²) in [6.07, 6.45) is 6.19. The maximum absolute atomic E-state index is 11.6. The van der Waals surface area contributed by atoms with Gasteiger partial charge in [0.2, 0.25) is 0 Å². The van der Waals surface area contributed by atoms with Gasteiger partial charge in [-0.2, -0.15) is 0 Å². The van der Waals surface area contributed by atoms with Gasteiger partial charge in [0.15, 0.2) is 0 Å². The van der Waals surface area contributed by atoms with Crippen LogP contribution in [0.15, 0.2) is 72.8 Å². The summed E-state index contributed by atoms with van der Waals surface area (Å²) in [5.74, 6) is -0.310. The zero-order valence-electron chi connectivity index (χ0n) is 16.8. The van der Waals surface area contributed by atoms with Crippen molar-refractivity contribution in [2.24, 2.45) is 0 Å². The topological polar surface area (TPSA) is 26.3 Å². The first kappa shape index (κ1) is 19.9. The Morgan fingerprint density at radius 3 is 2.46 bits per heavy atom. The first-order chi connectivity index (χ1) is 13.6. The maximum atomic E-state index is 11.6. The van der Waals surface area contributed by atoms with Crippen LogP contribution in [0.3, 0.4) is 0 Å². The number of ether oxygens (including phenoxy) is 1. The van der Waals surface area contributed by atoms with Gasteiger partial charge >= 0.3 is 5.97 Å². The Hall–Kier alpha value is -2.87. The molecule has 0 N–H and O–H groups in total. The molecule has 0 radical (unpaired) electrons. The van der Waals surface area contributed by atoms with Crippen LogP contribution in [-0.4, -0.2) is 12.6 Å². The summed E-state index contributed by atoms with van der Waals surface area (Å²) < 4.78 is 5.27. The molecule has 3 aromatic carbocycles. The molecule has 28 heavy (non-hydrogen) atoms. The number of hydrogen-bond acceptors (Lipinski definition) is 2. The molecule has 3 aromatic rings. The molecule has 0 aromatic heterocycles. The summed E-state index contributed by atoms with van der Waals surface area (Å²) >= 11 is 0. The average molecular weight is 373 g/mol. The Morgan fingerprint density at radius 2 is 1.75 bits per heavy atom. The molecular formula is C26H28O2. The average Bonchev–Trinajstić information content (AvgIpc) is 2.71. The second kappa shape index (κ2) is 9.36. The summed E-state index contributed by atoms with van der Waals surface area (Å²) in [7, 11) is 0. The molecule has 2 nitrogen and oxygen atoms in total. The van der Waals surface area contributed by atoms with Gasteiger partial charge in [-0.25, -0.2) is 4.79 Å². The molecule has 0 amide bonds. The number of carbonyl (C=O) groups excluding carboxylic acids is 1. The molecule has 2 heteroatoms. The Bertz CT molecular complexity index is 1030. The number of carbonyl (C=O) groups is 1. The van der Waals surface area contributed by atoms with E-state index in [-0.39, 0.29) is 5.97 Å². The van der Waals surface area contributed by atoms with Crippen molar-refractivity contribution >= 4 is 33.1 Å². The van der Waals surface area contributed by atoms with Crippen LogP contribution in [0.25, 0.3) is 27.1 Å². The third-order valence-electron chi connectivity index (χ3n) is 4.94.